The van der Waals surface area contributed by atoms with Gasteiger partial charge in [-0.2, -0.15) is 0 Å². The minimum atomic E-state index is -0.784. The summed E-state index contributed by atoms with van der Waals surface area (Å²) in [6.45, 7) is 4.00. The number of carboxylic acids is 1. The average Bonchev–Trinajstić information content (AvgIpc) is 2.20. The Labute approximate surface area is 89.3 Å². The van der Waals surface area contributed by atoms with Crippen molar-refractivity contribution in [2.24, 2.45) is 0 Å². The van der Waals surface area contributed by atoms with Gasteiger partial charge in [0.25, 0.3) is 0 Å². The molecule has 14 heavy (non-hydrogen) atoms. The van der Waals surface area contributed by atoms with Crippen LogP contribution in [0.15, 0.2) is 29.2 Å². The fraction of sp³-hybridized carbons (Fsp3) is 0.364. The summed E-state index contributed by atoms with van der Waals surface area (Å²) < 4.78 is 0. The van der Waals surface area contributed by atoms with Crippen LogP contribution in [-0.2, 0) is 11.2 Å². The van der Waals surface area contributed by atoms with Gasteiger partial charge in [0.15, 0.2) is 0 Å². The van der Waals surface area contributed by atoms with Crippen molar-refractivity contribution < 1.29 is 9.90 Å². The molecule has 0 atom stereocenters. The summed E-state index contributed by atoms with van der Waals surface area (Å²) in [5.41, 5.74) is 0.856. The van der Waals surface area contributed by atoms with Crippen molar-refractivity contribution in [3.63, 3.8) is 0 Å². The van der Waals surface area contributed by atoms with Crippen LogP contribution in [0.5, 0.6) is 0 Å². The molecule has 0 aliphatic heterocycles. The number of carbonyl (C=O) groups is 1. The van der Waals surface area contributed by atoms with Crippen molar-refractivity contribution in [3.05, 3.63) is 29.8 Å². The topological polar surface area (TPSA) is 37.3 Å². The van der Waals surface area contributed by atoms with Crippen LogP contribution in [0.1, 0.15) is 19.4 Å². The van der Waals surface area contributed by atoms with Gasteiger partial charge in [-0.05, 0) is 24.0 Å². The number of aliphatic carboxylic acids is 1. The average molecular weight is 212 g/mol. The monoisotopic (exact) mass is 212 g/mol. The molecule has 0 unspecified atom stereocenters. The Balaban J connectivity index is 0.000000791. The molecule has 78 valence electrons. The zero-order chi connectivity index (χ0) is 11.0. The standard InChI is InChI=1S/C9H10O2S.C2H6/c1-12-8-4-2-3-7(5-8)6-9(10)11;1-2/h2-5H,6H2,1H3,(H,10,11);1-2H3. The Kier molecular flexibility index (Phi) is 6.93. The summed E-state index contributed by atoms with van der Waals surface area (Å²) in [7, 11) is 0. The molecule has 0 aliphatic carbocycles. The van der Waals surface area contributed by atoms with E-state index in [1.807, 2.05) is 44.4 Å². The van der Waals surface area contributed by atoms with Gasteiger partial charge in [0.1, 0.15) is 0 Å². The number of rotatable bonds is 3. The quantitative estimate of drug-likeness (QED) is 0.782. The normalized spacial score (nSPS) is 8.79. The van der Waals surface area contributed by atoms with Crippen LogP contribution < -0.4 is 0 Å². The molecule has 0 fully saturated rings. The molecule has 0 saturated heterocycles. The van der Waals surface area contributed by atoms with E-state index in [4.69, 9.17) is 5.11 Å². The molecule has 0 amide bonds. The van der Waals surface area contributed by atoms with Crippen molar-refractivity contribution >= 4 is 17.7 Å². The van der Waals surface area contributed by atoms with Gasteiger partial charge in [-0.15, -0.1) is 11.8 Å². The summed E-state index contributed by atoms with van der Waals surface area (Å²) in [4.78, 5) is 11.5. The van der Waals surface area contributed by atoms with Gasteiger partial charge < -0.3 is 5.11 Å². The molecular weight excluding hydrogens is 196 g/mol. The van der Waals surface area contributed by atoms with E-state index in [2.05, 4.69) is 0 Å². The van der Waals surface area contributed by atoms with E-state index in [1.165, 1.54) is 0 Å². The first kappa shape index (κ1) is 13.0. The fourth-order valence-corrected chi connectivity index (χ4v) is 1.44. The van der Waals surface area contributed by atoms with Crippen LogP contribution in [-0.4, -0.2) is 17.3 Å². The van der Waals surface area contributed by atoms with Crippen molar-refractivity contribution in [3.8, 4) is 0 Å². The highest BCUT2D eigenvalue weighted by atomic mass is 32.2. The van der Waals surface area contributed by atoms with Crippen molar-refractivity contribution in [2.45, 2.75) is 25.2 Å². The number of hydrogen-bond acceptors (Lipinski definition) is 2. The predicted octanol–water partition coefficient (Wildman–Crippen LogP) is 3.06. The SMILES string of the molecule is CC.CSc1cccc(CC(=O)O)c1. The molecule has 0 heterocycles. The first-order valence-electron chi connectivity index (χ1n) is 4.57. The molecule has 1 aromatic carbocycles. The van der Waals surface area contributed by atoms with Crippen LogP contribution in [0.25, 0.3) is 0 Å². The number of thioether (sulfide) groups is 1. The number of carboxylic acid groups (broad SMARTS) is 1. The third kappa shape index (κ3) is 4.92. The minimum Gasteiger partial charge on any atom is -0.481 e. The Hall–Kier alpha value is -0.960. The molecule has 0 bridgehead atoms. The lowest BCUT2D eigenvalue weighted by molar-refractivity contribution is -0.136. The van der Waals surface area contributed by atoms with Crippen LogP contribution in [0.4, 0.5) is 0 Å². The Morgan fingerprint density at radius 2 is 2.07 bits per heavy atom. The Morgan fingerprint density at radius 1 is 1.43 bits per heavy atom. The molecule has 1 rings (SSSR count). The van der Waals surface area contributed by atoms with Crippen molar-refractivity contribution in [2.75, 3.05) is 6.26 Å². The third-order valence-corrected chi connectivity index (χ3v) is 2.21. The molecule has 1 N–H and O–H groups in total. The van der Waals surface area contributed by atoms with Gasteiger partial charge in [-0.3, -0.25) is 4.79 Å². The van der Waals surface area contributed by atoms with E-state index < -0.39 is 5.97 Å². The molecule has 0 spiro atoms. The second-order valence-electron chi connectivity index (χ2n) is 2.42. The Bertz CT molecular complexity index is 284. The maximum atomic E-state index is 10.4. The van der Waals surface area contributed by atoms with E-state index in [0.717, 1.165) is 10.5 Å². The smallest absolute Gasteiger partial charge is 0.307 e. The number of benzene rings is 1. The highest BCUT2D eigenvalue weighted by Gasteiger charge is 1.99. The van der Waals surface area contributed by atoms with E-state index in [-0.39, 0.29) is 6.42 Å². The maximum Gasteiger partial charge on any atom is 0.307 e. The van der Waals surface area contributed by atoms with Gasteiger partial charge in [0.2, 0.25) is 0 Å². The summed E-state index contributed by atoms with van der Waals surface area (Å²) in [5.74, 6) is -0.784. The minimum absolute atomic E-state index is 0.106. The van der Waals surface area contributed by atoms with Crippen molar-refractivity contribution in [1.29, 1.82) is 0 Å². The number of hydrogen-bond donors (Lipinski definition) is 1. The summed E-state index contributed by atoms with van der Waals surface area (Å²) in [5, 5.41) is 8.52. The fourth-order valence-electron chi connectivity index (χ4n) is 0.957. The highest BCUT2D eigenvalue weighted by Crippen LogP contribution is 2.15. The zero-order valence-corrected chi connectivity index (χ0v) is 9.60. The zero-order valence-electron chi connectivity index (χ0n) is 8.78. The first-order chi connectivity index (χ1) is 6.72. The molecule has 0 radical (unpaired) electrons. The predicted molar refractivity (Wildman–Crippen MR) is 60.9 cm³/mol. The molecule has 2 nitrogen and oxygen atoms in total. The molecule has 0 aliphatic rings. The van der Waals surface area contributed by atoms with Crippen LogP contribution in [0.3, 0.4) is 0 Å². The summed E-state index contributed by atoms with van der Waals surface area (Å²) >= 11 is 1.62. The van der Waals surface area contributed by atoms with Gasteiger partial charge in [-0.25, -0.2) is 0 Å². The van der Waals surface area contributed by atoms with E-state index in [9.17, 15) is 4.79 Å². The van der Waals surface area contributed by atoms with Crippen LogP contribution in [0, 0.1) is 0 Å². The molecule has 0 aromatic heterocycles. The second-order valence-corrected chi connectivity index (χ2v) is 3.30. The van der Waals surface area contributed by atoms with E-state index in [1.54, 1.807) is 11.8 Å². The van der Waals surface area contributed by atoms with Gasteiger partial charge >= 0.3 is 5.97 Å². The van der Waals surface area contributed by atoms with Gasteiger partial charge in [0, 0.05) is 4.90 Å². The maximum absolute atomic E-state index is 10.4. The third-order valence-electron chi connectivity index (χ3n) is 1.49. The first-order valence-corrected chi connectivity index (χ1v) is 5.79. The molecule has 1 aromatic rings. The molecule has 3 heteroatoms. The highest BCUT2D eigenvalue weighted by molar-refractivity contribution is 7.98. The Morgan fingerprint density at radius 3 is 2.57 bits per heavy atom. The molecular formula is C11H16O2S. The second kappa shape index (κ2) is 7.44. The lowest BCUT2D eigenvalue weighted by Crippen LogP contribution is -1.99. The van der Waals surface area contributed by atoms with Crippen LogP contribution in [0.2, 0.25) is 0 Å². The van der Waals surface area contributed by atoms with Crippen LogP contribution >= 0.6 is 11.8 Å². The summed E-state index contributed by atoms with van der Waals surface area (Å²) in [6, 6.07) is 7.58. The molecule has 0 saturated carbocycles. The van der Waals surface area contributed by atoms with E-state index >= 15 is 0 Å². The van der Waals surface area contributed by atoms with Gasteiger partial charge in [0.05, 0.1) is 6.42 Å². The summed E-state index contributed by atoms with van der Waals surface area (Å²) in [6.07, 6.45) is 2.08. The van der Waals surface area contributed by atoms with Crippen molar-refractivity contribution in [1.82, 2.24) is 0 Å². The lowest BCUT2D eigenvalue weighted by Gasteiger charge is -1.99. The lowest BCUT2D eigenvalue weighted by atomic mass is 10.2. The van der Waals surface area contributed by atoms with Gasteiger partial charge in [-0.1, -0.05) is 26.0 Å². The largest absolute Gasteiger partial charge is 0.481 e. The van der Waals surface area contributed by atoms with E-state index in [0.29, 0.717) is 0 Å².